The minimum absolute atomic E-state index is 0.111. The molecule has 0 aliphatic carbocycles. The Labute approximate surface area is 159 Å². The lowest BCUT2D eigenvalue weighted by atomic mass is 9.96. The molecule has 8 heteroatoms. The van der Waals surface area contributed by atoms with Gasteiger partial charge in [0.15, 0.2) is 0 Å². The largest absolute Gasteiger partial charge is 0.355 e. The maximum atomic E-state index is 12.4. The number of aromatic nitrogens is 3. The third kappa shape index (κ3) is 4.62. The topological polar surface area (TPSA) is 66.3 Å². The monoisotopic (exact) mass is 376 g/mol. The van der Waals surface area contributed by atoms with Gasteiger partial charge in [-0.1, -0.05) is 25.2 Å². The van der Waals surface area contributed by atoms with Crippen molar-refractivity contribution in [2.45, 2.75) is 26.7 Å². The number of rotatable bonds is 8. The molecule has 1 aliphatic heterocycles. The van der Waals surface area contributed by atoms with Crippen LogP contribution in [0.25, 0.3) is 5.13 Å². The molecule has 26 heavy (non-hydrogen) atoms. The third-order valence-electron chi connectivity index (χ3n) is 4.99. The van der Waals surface area contributed by atoms with Crippen LogP contribution in [-0.2, 0) is 4.79 Å². The van der Waals surface area contributed by atoms with Crippen LogP contribution >= 0.6 is 11.3 Å². The molecular formula is C18H28N6OS. The highest BCUT2D eigenvalue weighted by Gasteiger charge is 2.26. The van der Waals surface area contributed by atoms with Gasteiger partial charge in [0.25, 0.3) is 0 Å². The molecule has 1 aliphatic rings. The van der Waals surface area contributed by atoms with E-state index in [0.717, 1.165) is 62.4 Å². The van der Waals surface area contributed by atoms with Crippen molar-refractivity contribution in [3.63, 3.8) is 0 Å². The number of amides is 1. The first-order valence-corrected chi connectivity index (χ1v) is 10.2. The molecule has 1 fully saturated rings. The van der Waals surface area contributed by atoms with Crippen molar-refractivity contribution in [1.29, 1.82) is 0 Å². The number of carbonyl (C=O) groups excluding carboxylic acids is 1. The van der Waals surface area contributed by atoms with Crippen molar-refractivity contribution in [3.05, 3.63) is 24.5 Å². The molecule has 3 heterocycles. The van der Waals surface area contributed by atoms with Crippen LogP contribution in [0.3, 0.4) is 0 Å². The summed E-state index contributed by atoms with van der Waals surface area (Å²) in [6.45, 7) is 9.71. The van der Waals surface area contributed by atoms with Crippen LogP contribution in [0.4, 0.5) is 5.13 Å². The molecule has 2 aromatic heterocycles. The average molecular weight is 377 g/mol. The van der Waals surface area contributed by atoms with Crippen molar-refractivity contribution in [2.75, 3.05) is 44.2 Å². The molecule has 7 nitrogen and oxygen atoms in total. The molecule has 0 radical (unpaired) electrons. The van der Waals surface area contributed by atoms with Gasteiger partial charge in [-0.15, -0.1) is 10.2 Å². The SMILES string of the molecule is CCN(CC)CCNC(=O)C1CCN(c2nnc(-n3cccc3)s2)CC1. The fourth-order valence-corrected chi connectivity index (χ4v) is 4.12. The average Bonchev–Trinajstić information content (AvgIpc) is 3.37. The lowest BCUT2D eigenvalue weighted by molar-refractivity contribution is -0.125. The van der Waals surface area contributed by atoms with Crippen molar-refractivity contribution in [3.8, 4) is 5.13 Å². The lowest BCUT2D eigenvalue weighted by Gasteiger charge is -2.30. The first-order chi connectivity index (χ1) is 12.7. The van der Waals surface area contributed by atoms with Gasteiger partial charge in [0, 0.05) is 44.5 Å². The van der Waals surface area contributed by atoms with Crippen LogP contribution in [0.1, 0.15) is 26.7 Å². The summed E-state index contributed by atoms with van der Waals surface area (Å²) in [4.78, 5) is 16.9. The Morgan fingerprint density at radius 3 is 2.50 bits per heavy atom. The zero-order valence-corrected chi connectivity index (χ0v) is 16.4. The van der Waals surface area contributed by atoms with Crippen LogP contribution in [0, 0.1) is 5.92 Å². The van der Waals surface area contributed by atoms with E-state index in [1.54, 1.807) is 11.3 Å². The zero-order valence-electron chi connectivity index (χ0n) is 15.6. The predicted molar refractivity (Wildman–Crippen MR) is 105 cm³/mol. The maximum absolute atomic E-state index is 12.4. The second-order valence-electron chi connectivity index (χ2n) is 6.54. The second kappa shape index (κ2) is 9.14. The number of hydrogen-bond donors (Lipinski definition) is 1. The quantitative estimate of drug-likeness (QED) is 0.763. The molecule has 0 bridgehead atoms. The van der Waals surface area contributed by atoms with E-state index in [-0.39, 0.29) is 11.8 Å². The van der Waals surface area contributed by atoms with E-state index in [2.05, 4.69) is 39.2 Å². The summed E-state index contributed by atoms with van der Waals surface area (Å²) in [7, 11) is 0. The van der Waals surface area contributed by atoms with Crippen LogP contribution in [0.5, 0.6) is 0 Å². The van der Waals surface area contributed by atoms with Crippen LogP contribution in [0.2, 0.25) is 0 Å². The molecule has 2 aromatic rings. The highest BCUT2D eigenvalue weighted by Crippen LogP contribution is 2.27. The Hall–Kier alpha value is -1.93. The van der Waals surface area contributed by atoms with E-state index in [9.17, 15) is 4.79 Å². The molecule has 1 N–H and O–H groups in total. The Bertz CT molecular complexity index is 674. The van der Waals surface area contributed by atoms with Gasteiger partial charge in [0.2, 0.25) is 16.2 Å². The third-order valence-corrected chi connectivity index (χ3v) is 5.98. The molecular weight excluding hydrogens is 348 g/mol. The molecule has 0 spiro atoms. The fraction of sp³-hybridized carbons (Fsp3) is 0.611. The Morgan fingerprint density at radius 2 is 1.85 bits per heavy atom. The Morgan fingerprint density at radius 1 is 1.19 bits per heavy atom. The number of carbonyl (C=O) groups is 1. The summed E-state index contributed by atoms with van der Waals surface area (Å²) in [6, 6.07) is 3.96. The number of anilines is 1. The van der Waals surface area contributed by atoms with E-state index in [1.165, 1.54) is 0 Å². The molecule has 3 rings (SSSR count). The number of nitrogens with zero attached hydrogens (tertiary/aromatic N) is 5. The Balaban J connectivity index is 1.44. The van der Waals surface area contributed by atoms with E-state index < -0.39 is 0 Å². The lowest BCUT2D eigenvalue weighted by Crippen LogP contribution is -2.42. The minimum atomic E-state index is 0.111. The van der Waals surface area contributed by atoms with Gasteiger partial charge in [-0.05, 0) is 38.1 Å². The van der Waals surface area contributed by atoms with Crippen LogP contribution < -0.4 is 10.2 Å². The van der Waals surface area contributed by atoms with Gasteiger partial charge in [-0.3, -0.25) is 9.36 Å². The summed E-state index contributed by atoms with van der Waals surface area (Å²) in [5, 5.41) is 13.5. The summed E-state index contributed by atoms with van der Waals surface area (Å²) in [5.41, 5.74) is 0. The summed E-state index contributed by atoms with van der Waals surface area (Å²) >= 11 is 1.59. The maximum Gasteiger partial charge on any atom is 0.223 e. The number of likely N-dealkylation sites (N-methyl/N-ethyl adjacent to an activating group) is 1. The van der Waals surface area contributed by atoms with Gasteiger partial charge in [-0.2, -0.15) is 0 Å². The van der Waals surface area contributed by atoms with Crippen molar-refractivity contribution in [1.82, 2.24) is 25.0 Å². The molecule has 1 saturated heterocycles. The van der Waals surface area contributed by atoms with Crippen molar-refractivity contribution >= 4 is 22.4 Å². The molecule has 0 saturated carbocycles. The predicted octanol–water partition coefficient (Wildman–Crippen LogP) is 2.00. The highest BCUT2D eigenvalue weighted by atomic mass is 32.1. The van der Waals surface area contributed by atoms with Crippen LogP contribution in [-0.4, -0.2) is 64.8 Å². The minimum Gasteiger partial charge on any atom is -0.355 e. The molecule has 1 amide bonds. The molecule has 0 aromatic carbocycles. The summed E-state index contributed by atoms with van der Waals surface area (Å²) in [6.07, 6.45) is 5.68. The molecule has 142 valence electrons. The first-order valence-electron chi connectivity index (χ1n) is 9.43. The number of piperidine rings is 1. The van der Waals surface area contributed by atoms with Gasteiger partial charge in [0.05, 0.1) is 0 Å². The normalized spacial score (nSPS) is 15.6. The van der Waals surface area contributed by atoms with E-state index in [0.29, 0.717) is 0 Å². The van der Waals surface area contributed by atoms with Gasteiger partial charge < -0.3 is 15.1 Å². The number of hydrogen-bond acceptors (Lipinski definition) is 6. The first kappa shape index (κ1) is 18.8. The van der Waals surface area contributed by atoms with E-state index in [1.807, 2.05) is 29.1 Å². The standard InChI is InChI=1S/C18H28N6OS/c1-3-22(4-2)14-9-19-16(25)15-7-12-24(13-8-15)18-21-20-17(26-18)23-10-5-6-11-23/h5-6,10-11,15H,3-4,7-9,12-14H2,1-2H3,(H,19,25). The van der Waals surface area contributed by atoms with Crippen LogP contribution in [0.15, 0.2) is 24.5 Å². The second-order valence-corrected chi connectivity index (χ2v) is 7.47. The van der Waals surface area contributed by atoms with Gasteiger partial charge in [0.1, 0.15) is 0 Å². The van der Waals surface area contributed by atoms with Crippen molar-refractivity contribution in [2.24, 2.45) is 5.92 Å². The highest BCUT2D eigenvalue weighted by molar-refractivity contribution is 7.17. The Kier molecular flexibility index (Phi) is 6.62. The molecule has 0 unspecified atom stereocenters. The molecule has 0 atom stereocenters. The van der Waals surface area contributed by atoms with E-state index >= 15 is 0 Å². The summed E-state index contributed by atoms with van der Waals surface area (Å²) < 4.78 is 1.97. The van der Waals surface area contributed by atoms with Gasteiger partial charge >= 0.3 is 0 Å². The smallest absolute Gasteiger partial charge is 0.223 e. The van der Waals surface area contributed by atoms with Crippen molar-refractivity contribution < 1.29 is 4.79 Å². The van der Waals surface area contributed by atoms with Gasteiger partial charge in [-0.25, -0.2) is 0 Å². The number of nitrogens with one attached hydrogen (secondary N) is 1. The zero-order chi connectivity index (χ0) is 18.4. The fourth-order valence-electron chi connectivity index (χ4n) is 3.26. The summed E-state index contributed by atoms with van der Waals surface area (Å²) in [5.74, 6) is 0.307. The van der Waals surface area contributed by atoms with E-state index in [4.69, 9.17) is 0 Å².